The average Bonchev–Trinajstić information content (AvgIpc) is 1.87. The first-order valence-corrected chi connectivity index (χ1v) is 3.52. The van der Waals surface area contributed by atoms with Crippen LogP contribution in [0.15, 0.2) is 12.2 Å². The van der Waals surface area contributed by atoms with Gasteiger partial charge in [-0.15, -0.1) is 0 Å². The third kappa shape index (κ3) is 3.41. The van der Waals surface area contributed by atoms with Crippen molar-refractivity contribution in [2.45, 2.75) is 32.7 Å². The SMILES string of the molecule is C=C(CC)CC(=O)C(C)N. The zero-order valence-corrected chi connectivity index (χ0v) is 6.68. The number of nitrogens with two attached hydrogens (primary N) is 1. The van der Waals surface area contributed by atoms with Crippen LogP contribution >= 0.6 is 0 Å². The second kappa shape index (κ2) is 4.23. The van der Waals surface area contributed by atoms with Gasteiger partial charge in [-0.25, -0.2) is 0 Å². The molecular formula is C8H15NO. The van der Waals surface area contributed by atoms with E-state index < -0.39 is 0 Å². The van der Waals surface area contributed by atoms with E-state index in [2.05, 4.69) is 6.58 Å². The first-order chi connectivity index (χ1) is 4.57. The Kier molecular flexibility index (Phi) is 3.96. The van der Waals surface area contributed by atoms with Gasteiger partial charge in [-0.3, -0.25) is 4.79 Å². The molecule has 58 valence electrons. The normalized spacial score (nSPS) is 12.7. The quantitative estimate of drug-likeness (QED) is 0.599. The molecule has 0 aliphatic heterocycles. The molecule has 0 saturated carbocycles. The maximum Gasteiger partial charge on any atom is 0.153 e. The Morgan fingerprint density at radius 3 is 2.50 bits per heavy atom. The molecule has 0 radical (unpaired) electrons. The molecule has 10 heavy (non-hydrogen) atoms. The molecule has 0 bridgehead atoms. The van der Waals surface area contributed by atoms with Crippen molar-refractivity contribution in [2.75, 3.05) is 0 Å². The van der Waals surface area contributed by atoms with E-state index in [9.17, 15) is 4.79 Å². The van der Waals surface area contributed by atoms with Gasteiger partial charge in [0.15, 0.2) is 5.78 Å². The molecule has 0 aromatic heterocycles. The van der Waals surface area contributed by atoms with Crippen molar-refractivity contribution in [1.29, 1.82) is 0 Å². The Labute approximate surface area is 62.1 Å². The lowest BCUT2D eigenvalue weighted by atomic mass is 10.1. The fourth-order valence-corrected chi connectivity index (χ4v) is 0.532. The molecule has 0 saturated heterocycles. The van der Waals surface area contributed by atoms with Crippen molar-refractivity contribution in [2.24, 2.45) is 5.73 Å². The fraction of sp³-hybridized carbons (Fsp3) is 0.625. The predicted octanol–water partition coefficient (Wildman–Crippen LogP) is 1.26. The van der Waals surface area contributed by atoms with Crippen LogP contribution in [0.1, 0.15) is 26.7 Å². The molecule has 2 nitrogen and oxygen atoms in total. The van der Waals surface area contributed by atoms with Gasteiger partial charge in [0.25, 0.3) is 0 Å². The second-order valence-corrected chi connectivity index (χ2v) is 2.54. The minimum Gasteiger partial charge on any atom is -0.322 e. The molecule has 0 heterocycles. The Bertz CT molecular complexity index is 138. The zero-order valence-electron chi connectivity index (χ0n) is 6.68. The van der Waals surface area contributed by atoms with E-state index in [1.807, 2.05) is 6.92 Å². The van der Waals surface area contributed by atoms with Crippen molar-refractivity contribution in [3.05, 3.63) is 12.2 Å². The minimum absolute atomic E-state index is 0.0758. The topological polar surface area (TPSA) is 43.1 Å². The summed E-state index contributed by atoms with van der Waals surface area (Å²) in [5, 5.41) is 0. The lowest BCUT2D eigenvalue weighted by molar-refractivity contribution is -0.119. The van der Waals surface area contributed by atoms with Crippen LogP contribution in [0.2, 0.25) is 0 Å². The summed E-state index contributed by atoms with van der Waals surface area (Å²) in [5.74, 6) is 0.0758. The monoisotopic (exact) mass is 141 g/mol. The van der Waals surface area contributed by atoms with Gasteiger partial charge in [0.2, 0.25) is 0 Å². The van der Waals surface area contributed by atoms with Crippen LogP contribution < -0.4 is 5.73 Å². The van der Waals surface area contributed by atoms with Gasteiger partial charge in [0.05, 0.1) is 6.04 Å². The highest BCUT2D eigenvalue weighted by atomic mass is 16.1. The van der Waals surface area contributed by atoms with Crippen LogP contribution in [0.25, 0.3) is 0 Å². The standard InChI is InChI=1S/C8H15NO/c1-4-6(2)5-8(10)7(3)9/h7H,2,4-5,9H2,1,3H3. The molecule has 0 rings (SSSR count). The summed E-state index contributed by atoms with van der Waals surface area (Å²) in [7, 11) is 0. The highest BCUT2D eigenvalue weighted by Crippen LogP contribution is 2.04. The molecule has 1 atom stereocenters. The van der Waals surface area contributed by atoms with Crippen molar-refractivity contribution < 1.29 is 4.79 Å². The number of Topliss-reactive ketones (excluding diaryl/α,β-unsaturated/α-hetero) is 1. The van der Waals surface area contributed by atoms with Gasteiger partial charge in [-0.1, -0.05) is 19.1 Å². The van der Waals surface area contributed by atoms with E-state index in [0.29, 0.717) is 6.42 Å². The summed E-state index contributed by atoms with van der Waals surface area (Å²) in [6, 6.07) is -0.344. The third-order valence-corrected chi connectivity index (χ3v) is 1.43. The Hall–Kier alpha value is -0.630. The maximum atomic E-state index is 10.9. The molecule has 2 heteroatoms. The maximum absolute atomic E-state index is 10.9. The van der Waals surface area contributed by atoms with Crippen LogP contribution in [0.3, 0.4) is 0 Å². The highest BCUT2D eigenvalue weighted by Gasteiger charge is 2.07. The molecule has 0 aromatic rings. The van der Waals surface area contributed by atoms with Gasteiger partial charge in [-0.2, -0.15) is 0 Å². The molecule has 0 spiro atoms. The van der Waals surface area contributed by atoms with E-state index >= 15 is 0 Å². The fourth-order valence-electron chi connectivity index (χ4n) is 0.532. The minimum atomic E-state index is -0.344. The Morgan fingerprint density at radius 2 is 2.20 bits per heavy atom. The molecular weight excluding hydrogens is 126 g/mol. The van der Waals surface area contributed by atoms with Gasteiger partial charge in [0, 0.05) is 6.42 Å². The van der Waals surface area contributed by atoms with Gasteiger partial charge < -0.3 is 5.73 Å². The summed E-state index contributed by atoms with van der Waals surface area (Å²) in [6.45, 7) is 7.40. The number of ketones is 1. The second-order valence-electron chi connectivity index (χ2n) is 2.54. The lowest BCUT2D eigenvalue weighted by Gasteiger charge is -2.03. The number of carbonyl (C=O) groups is 1. The van der Waals surface area contributed by atoms with Crippen LogP contribution in [0, 0.1) is 0 Å². The molecule has 0 fully saturated rings. The van der Waals surface area contributed by atoms with Crippen LogP contribution in [-0.2, 0) is 4.79 Å². The first-order valence-electron chi connectivity index (χ1n) is 3.52. The van der Waals surface area contributed by atoms with Gasteiger partial charge in [-0.05, 0) is 13.3 Å². The van der Waals surface area contributed by atoms with E-state index in [1.165, 1.54) is 0 Å². The van der Waals surface area contributed by atoms with Crippen LogP contribution in [0.4, 0.5) is 0 Å². The van der Waals surface area contributed by atoms with Gasteiger partial charge >= 0.3 is 0 Å². The number of hydrogen-bond acceptors (Lipinski definition) is 2. The van der Waals surface area contributed by atoms with E-state index in [-0.39, 0.29) is 11.8 Å². The number of carbonyl (C=O) groups excluding carboxylic acids is 1. The van der Waals surface area contributed by atoms with Crippen molar-refractivity contribution in [1.82, 2.24) is 0 Å². The van der Waals surface area contributed by atoms with E-state index in [4.69, 9.17) is 5.73 Å². The average molecular weight is 141 g/mol. The predicted molar refractivity (Wildman–Crippen MR) is 42.7 cm³/mol. The number of rotatable bonds is 4. The molecule has 2 N–H and O–H groups in total. The summed E-state index contributed by atoms with van der Waals surface area (Å²) in [5.41, 5.74) is 6.31. The van der Waals surface area contributed by atoms with Gasteiger partial charge in [0.1, 0.15) is 0 Å². The zero-order chi connectivity index (χ0) is 8.15. The van der Waals surface area contributed by atoms with Crippen molar-refractivity contribution in [3.63, 3.8) is 0 Å². The molecule has 0 amide bonds. The summed E-state index contributed by atoms with van der Waals surface area (Å²) in [6.07, 6.45) is 1.30. The Balaban J connectivity index is 3.69. The number of allylic oxidation sites excluding steroid dienone is 1. The molecule has 0 aromatic carbocycles. The largest absolute Gasteiger partial charge is 0.322 e. The molecule has 1 unspecified atom stereocenters. The summed E-state index contributed by atoms with van der Waals surface area (Å²) in [4.78, 5) is 10.9. The smallest absolute Gasteiger partial charge is 0.153 e. The van der Waals surface area contributed by atoms with Crippen LogP contribution in [0.5, 0.6) is 0 Å². The van der Waals surface area contributed by atoms with Crippen molar-refractivity contribution >= 4 is 5.78 Å². The molecule has 0 aliphatic rings. The van der Waals surface area contributed by atoms with Crippen LogP contribution in [-0.4, -0.2) is 11.8 Å². The third-order valence-electron chi connectivity index (χ3n) is 1.43. The van der Waals surface area contributed by atoms with Crippen molar-refractivity contribution in [3.8, 4) is 0 Å². The molecule has 0 aliphatic carbocycles. The highest BCUT2D eigenvalue weighted by molar-refractivity contribution is 5.85. The number of hydrogen-bond donors (Lipinski definition) is 1. The lowest BCUT2D eigenvalue weighted by Crippen LogP contribution is -2.26. The van der Waals surface area contributed by atoms with E-state index in [1.54, 1.807) is 6.92 Å². The summed E-state index contributed by atoms with van der Waals surface area (Å²) >= 11 is 0. The van der Waals surface area contributed by atoms with E-state index in [0.717, 1.165) is 12.0 Å². The first kappa shape index (κ1) is 9.37. The Morgan fingerprint density at radius 1 is 1.70 bits per heavy atom. The summed E-state index contributed by atoms with van der Waals surface area (Å²) < 4.78 is 0.